The van der Waals surface area contributed by atoms with Crippen LogP contribution in [-0.2, 0) is 15.7 Å². The van der Waals surface area contributed by atoms with Crippen molar-refractivity contribution in [3.8, 4) is 5.69 Å². The number of aryl methyl sites for hydroxylation is 1. The first kappa shape index (κ1) is 23.0. The van der Waals surface area contributed by atoms with Crippen molar-refractivity contribution in [3.63, 3.8) is 0 Å². The van der Waals surface area contributed by atoms with E-state index < -0.39 is 23.4 Å². The summed E-state index contributed by atoms with van der Waals surface area (Å²) in [5.41, 5.74) is 0.0422. The third kappa shape index (κ3) is 5.50. The number of nitrogens with one attached hydrogen (secondary N) is 1. The summed E-state index contributed by atoms with van der Waals surface area (Å²) in [5, 5.41) is 6.82. The molecule has 0 saturated carbocycles. The maximum atomic E-state index is 13.0. The molecule has 2 aromatic rings. The molecule has 1 N–H and O–H groups in total. The SMILES string of the molecule is Cc1nn(-c2cccc(C(F)(F)F)c2)c(C)c1C(=O)C(=O)NCCCN1CCOCC1. The number of hydrogen-bond donors (Lipinski definition) is 1. The van der Waals surface area contributed by atoms with E-state index in [0.717, 1.165) is 31.8 Å². The third-order valence-electron chi connectivity index (χ3n) is 5.18. The zero-order valence-corrected chi connectivity index (χ0v) is 17.5. The van der Waals surface area contributed by atoms with E-state index in [0.29, 0.717) is 31.9 Å². The van der Waals surface area contributed by atoms with Crippen LogP contribution in [-0.4, -0.2) is 65.8 Å². The second-order valence-electron chi connectivity index (χ2n) is 7.40. The van der Waals surface area contributed by atoms with Crippen LogP contribution in [0.3, 0.4) is 0 Å². The number of Topliss-reactive ketones (excluding diaryl/α,β-unsaturated/α-hetero) is 1. The van der Waals surface area contributed by atoms with E-state index in [-0.39, 0.29) is 16.9 Å². The number of carbonyl (C=O) groups is 2. The minimum atomic E-state index is -4.49. The van der Waals surface area contributed by atoms with Gasteiger partial charge in [0.05, 0.1) is 41.4 Å². The monoisotopic (exact) mass is 438 g/mol. The molecule has 2 heterocycles. The topological polar surface area (TPSA) is 76.5 Å². The lowest BCUT2D eigenvalue weighted by molar-refractivity contribution is -0.137. The van der Waals surface area contributed by atoms with Crippen LogP contribution in [0, 0.1) is 13.8 Å². The van der Waals surface area contributed by atoms with Crippen LogP contribution in [0.1, 0.15) is 33.7 Å². The van der Waals surface area contributed by atoms with Crippen molar-refractivity contribution >= 4 is 11.7 Å². The summed E-state index contributed by atoms with van der Waals surface area (Å²) in [6, 6.07) is 4.66. The molecule has 7 nitrogen and oxygen atoms in total. The maximum Gasteiger partial charge on any atom is 0.416 e. The van der Waals surface area contributed by atoms with E-state index in [1.54, 1.807) is 13.8 Å². The van der Waals surface area contributed by atoms with E-state index in [1.807, 2.05) is 0 Å². The first-order valence-corrected chi connectivity index (χ1v) is 10.0. The zero-order chi connectivity index (χ0) is 22.6. The Kier molecular flexibility index (Phi) is 7.11. The highest BCUT2D eigenvalue weighted by atomic mass is 19.4. The number of morpholine rings is 1. The number of aromatic nitrogens is 2. The lowest BCUT2D eigenvalue weighted by Gasteiger charge is -2.26. The number of ether oxygens (including phenoxy) is 1. The van der Waals surface area contributed by atoms with Crippen LogP contribution in [0.25, 0.3) is 5.69 Å². The molecular weight excluding hydrogens is 413 g/mol. The van der Waals surface area contributed by atoms with Gasteiger partial charge < -0.3 is 10.1 Å². The van der Waals surface area contributed by atoms with Crippen molar-refractivity contribution in [2.24, 2.45) is 0 Å². The van der Waals surface area contributed by atoms with E-state index in [9.17, 15) is 22.8 Å². The molecule has 0 atom stereocenters. The molecule has 1 aliphatic heterocycles. The van der Waals surface area contributed by atoms with E-state index in [2.05, 4.69) is 15.3 Å². The van der Waals surface area contributed by atoms with Gasteiger partial charge in [-0.25, -0.2) is 4.68 Å². The number of carbonyl (C=O) groups excluding carboxylic acids is 2. The Labute approximate surface area is 178 Å². The molecule has 0 radical (unpaired) electrons. The summed E-state index contributed by atoms with van der Waals surface area (Å²) in [6.07, 6.45) is -3.80. The van der Waals surface area contributed by atoms with Gasteiger partial charge in [0.25, 0.3) is 11.7 Å². The highest BCUT2D eigenvalue weighted by Gasteiger charge is 2.31. The van der Waals surface area contributed by atoms with Gasteiger partial charge >= 0.3 is 6.18 Å². The average Bonchev–Trinajstić information content (AvgIpc) is 3.04. The van der Waals surface area contributed by atoms with Crippen molar-refractivity contribution in [2.75, 3.05) is 39.4 Å². The number of amides is 1. The summed E-state index contributed by atoms with van der Waals surface area (Å²) in [6.45, 7) is 7.33. The average molecular weight is 438 g/mol. The number of rotatable bonds is 7. The van der Waals surface area contributed by atoms with Gasteiger partial charge in [-0.05, 0) is 45.0 Å². The van der Waals surface area contributed by atoms with Crippen LogP contribution < -0.4 is 5.32 Å². The van der Waals surface area contributed by atoms with Crippen LogP contribution in [0.4, 0.5) is 13.2 Å². The third-order valence-corrected chi connectivity index (χ3v) is 5.18. The number of halogens is 3. The first-order chi connectivity index (χ1) is 14.7. The molecule has 31 heavy (non-hydrogen) atoms. The van der Waals surface area contributed by atoms with Gasteiger partial charge in [-0.3, -0.25) is 14.5 Å². The van der Waals surface area contributed by atoms with Crippen molar-refractivity contribution < 1.29 is 27.5 Å². The van der Waals surface area contributed by atoms with Gasteiger partial charge in [0.2, 0.25) is 0 Å². The molecule has 1 saturated heterocycles. The lowest BCUT2D eigenvalue weighted by Crippen LogP contribution is -2.39. The largest absolute Gasteiger partial charge is 0.416 e. The van der Waals surface area contributed by atoms with E-state index in [4.69, 9.17) is 4.74 Å². The molecule has 1 aromatic carbocycles. The second kappa shape index (κ2) is 9.61. The fourth-order valence-corrected chi connectivity index (χ4v) is 3.56. The number of benzene rings is 1. The summed E-state index contributed by atoms with van der Waals surface area (Å²) < 4.78 is 45.6. The van der Waals surface area contributed by atoms with Crippen molar-refractivity contribution in [1.82, 2.24) is 20.0 Å². The molecule has 0 aliphatic carbocycles. The van der Waals surface area contributed by atoms with Crippen molar-refractivity contribution in [2.45, 2.75) is 26.4 Å². The number of hydrogen-bond acceptors (Lipinski definition) is 5. The van der Waals surface area contributed by atoms with Gasteiger partial charge in [0.1, 0.15) is 0 Å². The minimum absolute atomic E-state index is 0.100. The molecule has 1 amide bonds. The lowest BCUT2D eigenvalue weighted by atomic mass is 10.1. The number of nitrogens with zero attached hydrogens (tertiary/aromatic N) is 3. The normalized spacial score (nSPS) is 15.1. The van der Waals surface area contributed by atoms with Crippen LogP contribution >= 0.6 is 0 Å². The molecule has 10 heteroatoms. The number of ketones is 1. The Morgan fingerprint density at radius 2 is 1.90 bits per heavy atom. The Bertz CT molecular complexity index is 950. The Morgan fingerprint density at radius 3 is 2.58 bits per heavy atom. The molecule has 168 valence electrons. The van der Waals surface area contributed by atoms with E-state index >= 15 is 0 Å². The van der Waals surface area contributed by atoms with Crippen LogP contribution in [0.15, 0.2) is 24.3 Å². The Balaban J connectivity index is 1.66. The summed E-state index contributed by atoms with van der Waals surface area (Å²) in [4.78, 5) is 27.3. The summed E-state index contributed by atoms with van der Waals surface area (Å²) in [5.74, 6) is -1.50. The fourth-order valence-electron chi connectivity index (χ4n) is 3.56. The molecule has 0 bridgehead atoms. The molecule has 1 fully saturated rings. The van der Waals surface area contributed by atoms with Crippen molar-refractivity contribution in [1.29, 1.82) is 0 Å². The molecule has 1 aliphatic rings. The van der Waals surface area contributed by atoms with Gasteiger partial charge in [-0.2, -0.15) is 18.3 Å². The highest BCUT2D eigenvalue weighted by molar-refractivity contribution is 6.43. The molecule has 3 rings (SSSR count). The summed E-state index contributed by atoms with van der Waals surface area (Å²) >= 11 is 0. The van der Waals surface area contributed by atoms with Gasteiger partial charge in [-0.1, -0.05) is 6.07 Å². The van der Waals surface area contributed by atoms with Crippen molar-refractivity contribution in [3.05, 3.63) is 46.8 Å². The second-order valence-corrected chi connectivity index (χ2v) is 7.40. The quantitative estimate of drug-likeness (QED) is 0.409. The van der Waals surface area contributed by atoms with Gasteiger partial charge in [-0.15, -0.1) is 0 Å². The number of alkyl halides is 3. The predicted molar refractivity (Wildman–Crippen MR) is 107 cm³/mol. The van der Waals surface area contributed by atoms with E-state index in [1.165, 1.54) is 16.8 Å². The minimum Gasteiger partial charge on any atom is -0.379 e. The summed E-state index contributed by atoms with van der Waals surface area (Å²) in [7, 11) is 0. The smallest absolute Gasteiger partial charge is 0.379 e. The Hall–Kier alpha value is -2.72. The van der Waals surface area contributed by atoms with Gasteiger partial charge in [0.15, 0.2) is 0 Å². The van der Waals surface area contributed by atoms with Gasteiger partial charge in [0, 0.05) is 19.6 Å². The molecular formula is C21H25F3N4O3. The zero-order valence-electron chi connectivity index (χ0n) is 17.5. The highest BCUT2D eigenvalue weighted by Crippen LogP contribution is 2.30. The van der Waals surface area contributed by atoms with Crippen LogP contribution in [0.5, 0.6) is 0 Å². The molecule has 0 unspecified atom stereocenters. The molecule has 0 spiro atoms. The molecule has 1 aromatic heterocycles. The maximum absolute atomic E-state index is 13.0. The predicted octanol–water partition coefficient (Wildman–Crippen LogP) is 2.53. The first-order valence-electron chi connectivity index (χ1n) is 10.0. The standard InChI is InChI=1S/C21H25F3N4O3/c1-14-18(19(29)20(30)25-7-4-8-27-9-11-31-12-10-27)15(2)28(26-14)17-6-3-5-16(13-17)21(22,23)24/h3,5-6,13H,4,7-12H2,1-2H3,(H,25,30). The Morgan fingerprint density at radius 1 is 1.19 bits per heavy atom. The van der Waals surface area contributed by atoms with Crippen LogP contribution in [0.2, 0.25) is 0 Å². The fraction of sp³-hybridized carbons (Fsp3) is 0.476.